The maximum absolute atomic E-state index is 12.9. The average Bonchev–Trinajstić information content (AvgIpc) is 3.07. The summed E-state index contributed by atoms with van der Waals surface area (Å²) in [5.41, 5.74) is 5.68. The van der Waals surface area contributed by atoms with E-state index in [4.69, 9.17) is 0 Å². The second-order valence-corrected chi connectivity index (χ2v) is 7.92. The second-order valence-electron chi connectivity index (χ2n) is 7.92. The third kappa shape index (κ3) is 4.39. The Bertz CT molecular complexity index is 1320. The van der Waals surface area contributed by atoms with Crippen LogP contribution in [-0.2, 0) is 13.1 Å². The molecule has 0 spiro atoms. The van der Waals surface area contributed by atoms with Crippen LogP contribution in [0.25, 0.3) is 5.69 Å². The molecule has 162 valence electrons. The number of nitrogens with one attached hydrogen (secondary N) is 1. The highest BCUT2D eigenvalue weighted by Crippen LogP contribution is 2.17. The first-order chi connectivity index (χ1) is 15.4. The van der Waals surface area contributed by atoms with Crippen molar-refractivity contribution in [1.29, 1.82) is 0 Å². The average molecular weight is 427 g/mol. The van der Waals surface area contributed by atoms with Gasteiger partial charge in [0.05, 0.1) is 17.9 Å². The van der Waals surface area contributed by atoms with E-state index >= 15 is 0 Å². The van der Waals surface area contributed by atoms with Crippen LogP contribution < -0.4 is 10.9 Å². The molecule has 0 saturated heterocycles. The van der Waals surface area contributed by atoms with E-state index < -0.39 is 0 Å². The van der Waals surface area contributed by atoms with E-state index in [9.17, 15) is 9.59 Å². The predicted molar refractivity (Wildman–Crippen MR) is 125 cm³/mol. The number of nitrogens with zero attached hydrogens (tertiary/aromatic N) is 3. The molecule has 0 saturated carbocycles. The summed E-state index contributed by atoms with van der Waals surface area (Å²) in [6.45, 7) is 6.64. The van der Waals surface area contributed by atoms with E-state index in [1.165, 1.54) is 0 Å². The molecule has 0 aliphatic carbocycles. The highest BCUT2D eigenvalue weighted by Gasteiger charge is 2.16. The largest absolute Gasteiger partial charge is 0.348 e. The number of amides is 1. The monoisotopic (exact) mass is 426 g/mol. The van der Waals surface area contributed by atoms with E-state index in [0.717, 1.165) is 33.8 Å². The van der Waals surface area contributed by atoms with Crippen LogP contribution in [0.3, 0.4) is 0 Å². The fourth-order valence-electron chi connectivity index (χ4n) is 3.86. The molecule has 0 radical (unpaired) electrons. The molecule has 6 heteroatoms. The van der Waals surface area contributed by atoms with Crippen molar-refractivity contribution in [3.63, 3.8) is 0 Å². The van der Waals surface area contributed by atoms with Crippen LogP contribution in [0.4, 0.5) is 0 Å². The Morgan fingerprint density at radius 3 is 2.50 bits per heavy atom. The van der Waals surface area contributed by atoms with Gasteiger partial charge in [-0.05, 0) is 50.6 Å². The molecule has 1 N–H and O–H groups in total. The van der Waals surface area contributed by atoms with Crippen LogP contribution in [-0.4, -0.2) is 20.3 Å². The Morgan fingerprint density at radius 2 is 1.75 bits per heavy atom. The lowest BCUT2D eigenvalue weighted by Crippen LogP contribution is -2.32. The van der Waals surface area contributed by atoms with Gasteiger partial charge in [0.15, 0.2) is 0 Å². The Morgan fingerprint density at radius 1 is 0.969 bits per heavy atom. The van der Waals surface area contributed by atoms with E-state index in [1.807, 2.05) is 80.1 Å². The molecule has 2 heterocycles. The first-order valence-corrected chi connectivity index (χ1v) is 10.6. The van der Waals surface area contributed by atoms with E-state index in [2.05, 4.69) is 10.4 Å². The summed E-state index contributed by atoms with van der Waals surface area (Å²) in [6, 6.07) is 21.2. The zero-order valence-electron chi connectivity index (χ0n) is 18.5. The van der Waals surface area contributed by atoms with Gasteiger partial charge in [-0.15, -0.1) is 0 Å². The molecule has 32 heavy (non-hydrogen) atoms. The Balaban J connectivity index is 1.52. The Kier molecular flexibility index (Phi) is 6.03. The van der Waals surface area contributed by atoms with Gasteiger partial charge in [0.1, 0.15) is 5.56 Å². The van der Waals surface area contributed by atoms with Crippen molar-refractivity contribution >= 4 is 5.91 Å². The highest BCUT2D eigenvalue weighted by atomic mass is 16.2. The SMILES string of the molecule is Cc1cccc(Cn2cccc(C(=O)NCc3c(C)nn(-c4ccccc4)c3C)c2=O)c1. The number of para-hydroxylation sites is 1. The van der Waals surface area contributed by atoms with Gasteiger partial charge < -0.3 is 9.88 Å². The normalized spacial score (nSPS) is 10.8. The number of hydrogen-bond donors (Lipinski definition) is 1. The van der Waals surface area contributed by atoms with Crippen molar-refractivity contribution in [2.24, 2.45) is 0 Å². The Hall–Kier alpha value is -3.93. The lowest BCUT2D eigenvalue weighted by molar-refractivity contribution is 0.0948. The van der Waals surface area contributed by atoms with Gasteiger partial charge in [-0.1, -0.05) is 48.0 Å². The quantitative estimate of drug-likeness (QED) is 0.508. The first-order valence-electron chi connectivity index (χ1n) is 10.6. The molecule has 0 fully saturated rings. The van der Waals surface area contributed by atoms with E-state index in [-0.39, 0.29) is 17.0 Å². The Labute approximate surface area is 187 Å². The molecule has 0 atom stereocenters. The zero-order chi connectivity index (χ0) is 22.7. The van der Waals surface area contributed by atoms with Crippen LogP contribution in [0.5, 0.6) is 0 Å². The number of carbonyl (C=O) groups is 1. The summed E-state index contributed by atoms with van der Waals surface area (Å²) < 4.78 is 3.43. The zero-order valence-corrected chi connectivity index (χ0v) is 18.5. The molecular formula is C26H26N4O2. The smallest absolute Gasteiger partial charge is 0.263 e. The lowest BCUT2D eigenvalue weighted by atomic mass is 10.1. The van der Waals surface area contributed by atoms with Crippen molar-refractivity contribution in [2.75, 3.05) is 0 Å². The molecule has 0 bridgehead atoms. The van der Waals surface area contributed by atoms with Crippen molar-refractivity contribution in [1.82, 2.24) is 19.7 Å². The van der Waals surface area contributed by atoms with Gasteiger partial charge in [-0.2, -0.15) is 5.10 Å². The van der Waals surface area contributed by atoms with Crippen molar-refractivity contribution in [3.8, 4) is 5.69 Å². The number of aromatic nitrogens is 3. The topological polar surface area (TPSA) is 68.9 Å². The number of hydrogen-bond acceptors (Lipinski definition) is 3. The van der Waals surface area contributed by atoms with Crippen LogP contribution in [0.1, 0.15) is 38.4 Å². The van der Waals surface area contributed by atoms with Crippen LogP contribution >= 0.6 is 0 Å². The summed E-state index contributed by atoms with van der Waals surface area (Å²) in [5, 5.41) is 7.51. The van der Waals surface area contributed by atoms with Gasteiger partial charge in [0, 0.05) is 24.0 Å². The van der Waals surface area contributed by atoms with Crippen LogP contribution in [0.15, 0.2) is 77.7 Å². The molecule has 0 aliphatic heterocycles. The van der Waals surface area contributed by atoms with Gasteiger partial charge in [0.2, 0.25) is 0 Å². The van der Waals surface area contributed by atoms with Crippen LogP contribution in [0, 0.1) is 20.8 Å². The summed E-state index contributed by atoms with van der Waals surface area (Å²) in [6.07, 6.45) is 1.71. The molecule has 2 aromatic carbocycles. The minimum atomic E-state index is -0.389. The number of carbonyl (C=O) groups excluding carboxylic acids is 1. The maximum atomic E-state index is 12.9. The van der Waals surface area contributed by atoms with Crippen molar-refractivity contribution in [3.05, 3.63) is 117 Å². The van der Waals surface area contributed by atoms with Crippen molar-refractivity contribution < 1.29 is 4.79 Å². The lowest BCUT2D eigenvalue weighted by Gasteiger charge is -2.10. The number of benzene rings is 2. The van der Waals surface area contributed by atoms with Gasteiger partial charge >= 0.3 is 0 Å². The summed E-state index contributed by atoms with van der Waals surface area (Å²) in [4.78, 5) is 25.8. The molecule has 4 aromatic rings. The second kappa shape index (κ2) is 9.06. The summed E-state index contributed by atoms with van der Waals surface area (Å²) >= 11 is 0. The van der Waals surface area contributed by atoms with Gasteiger partial charge in [0.25, 0.3) is 11.5 Å². The third-order valence-electron chi connectivity index (χ3n) is 5.57. The number of rotatable bonds is 6. The fraction of sp³-hybridized carbons (Fsp3) is 0.192. The standard InChI is InChI=1S/C26H26N4O2/c1-18-9-7-10-21(15-18)17-29-14-8-13-23(26(29)32)25(31)27-16-24-19(2)28-30(20(24)3)22-11-5-4-6-12-22/h4-15H,16-17H2,1-3H3,(H,27,31). The van der Waals surface area contributed by atoms with Gasteiger partial charge in [-0.3, -0.25) is 9.59 Å². The molecular weight excluding hydrogens is 400 g/mol. The van der Waals surface area contributed by atoms with E-state index in [1.54, 1.807) is 22.9 Å². The van der Waals surface area contributed by atoms with Crippen LogP contribution in [0.2, 0.25) is 0 Å². The number of pyridine rings is 1. The first kappa shape index (κ1) is 21.3. The molecule has 6 nitrogen and oxygen atoms in total. The van der Waals surface area contributed by atoms with Gasteiger partial charge in [-0.25, -0.2) is 4.68 Å². The summed E-state index contributed by atoms with van der Waals surface area (Å²) in [7, 11) is 0. The highest BCUT2D eigenvalue weighted by molar-refractivity contribution is 5.93. The minimum absolute atomic E-state index is 0.130. The predicted octanol–water partition coefficient (Wildman–Crippen LogP) is 3.94. The third-order valence-corrected chi connectivity index (χ3v) is 5.57. The van der Waals surface area contributed by atoms with Crippen molar-refractivity contribution in [2.45, 2.75) is 33.9 Å². The maximum Gasteiger partial charge on any atom is 0.263 e. The minimum Gasteiger partial charge on any atom is -0.348 e. The summed E-state index contributed by atoms with van der Waals surface area (Å²) in [5.74, 6) is -0.389. The molecule has 2 aromatic heterocycles. The fourth-order valence-corrected chi connectivity index (χ4v) is 3.86. The molecule has 0 aliphatic rings. The molecule has 0 unspecified atom stereocenters. The molecule has 1 amide bonds. The van der Waals surface area contributed by atoms with E-state index in [0.29, 0.717) is 13.1 Å². The molecule has 4 rings (SSSR count). The number of aryl methyl sites for hydroxylation is 2.